The molecule has 120 valence electrons. The Morgan fingerprint density at radius 1 is 1.23 bits per heavy atom. The minimum absolute atomic E-state index is 0.121. The van der Waals surface area contributed by atoms with Crippen LogP contribution in [-0.4, -0.2) is 23.3 Å². The minimum Gasteiger partial charge on any atom is -0.335 e. The van der Waals surface area contributed by atoms with Crippen molar-refractivity contribution in [2.75, 3.05) is 6.54 Å². The number of alkyl halides is 2. The number of benzene rings is 1. The number of hydrogen-bond acceptors (Lipinski definition) is 1. The molecule has 0 unspecified atom stereocenters. The molecule has 0 aromatic heterocycles. The first kappa shape index (κ1) is 15.4. The molecule has 1 heterocycles. The molecule has 2 fully saturated rings. The van der Waals surface area contributed by atoms with Crippen molar-refractivity contribution in [2.24, 2.45) is 5.92 Å². The van der Waals surface area contributed by atoms with Crippen LogP contribution in [0.2, 0.25) is 0 Å². The van der Waals surface area contributed by atoms with Gasteiger partial charge in [0.2, 0.25) is 11.8 Å². The van der Waals surface area contributed by atoms with Gasteiger partial charge >= 0.3 is 0 Å². The van der Waals surface area contributed by atoms with E-state index in [0.717, 1.165) is 18.4 Å². The van der Waals surface area contributed by atoms with E-state index in [9.17, 15) is 18.0 Å². The lowest BCUT2D eigenvalue weighted by Crippen LogP contribution is -2.40. The summed E-state index contributed by atoms with van der Waals surface area (Å²) >= 11 is 0. The summed E-state index contributed by atoms with van der Waals surface area (Å²) in [4.78, 5) is 14.3. The molecule has 5 heteroatoms. The predicted molar refractivity (Wildman–Crippen MR) is 77.0 cm³/mol. The zero-order chi connectivity index (χ0) is 15.7. The molecular formula is C17H20F3NO. The van der Waals surface area contributed by atoms with Crippen LogP contribution in [0.3, 0.4) is 0 Å². The van der Waals surface area contributed by atoms with Gasteiger partial charge < -0.3 is 4.90 Å². The maximum atomic E-state index is 13.6. The lowest BCUT2D eigenvalue weighted by Gasteiger charge is -2.33. The fourth-order valence-electron chi connectivity index (χ4n) is 3.71. The average Bonchev–Trinajstić information content (AvgIpc) is 2.94. The maximum Gasteiger partial charge on any atom is 0.248 e. The molecule has 2 atom stereocenters. The summed E-state index contributed by atoms with van der Waals surface area (Å²) in [6.07, 6.45) is 2.04. The summed E-state index contributed by atoms with van der Waals surface area (Å²) in [5.41, 5.74) is 0.758. The van der Waals surface area contributed by atoms with Gasteiger partial charge in [-0.3, -0.25) is 4.79 Å². The van der Waals surface area contributed by atoms with Crippen LogP contribution in [0.4, 0.5) is 13.2 Å². The molecule has 1 saturated heterocycles. The van der Waals surface area contributed by atoms with E-state index in [0.29, 0.717) is 19.4 Å². The Morgan fingerprint density at radius 2 is 2.05 bits per heavy atom. The normalized spacial score (nSPS) is 27.9. The number of halogens is 3. The first-order valence-electron chi connectivity index (χ1n) is 7.90. The van der Waals surface area contributed by atoms with Gasteiger partial charge in [-0.1, -0.05) is 12.1 Å². The van der Waals surface area contributed by atoms with E-state index in [4.69, 9.17) is 0 Å². The van der Waals surface area contributed by atoms with Crippen LogP contribution < -0.4 is 0 Å². The molecule has 1 saturated carbocycles. The quantitative estimate of drug-likeness (QED) is 0.797. The number of likely N-dealkylation sites (tertiary alicyclic amines) is 1. The maximum absolute atomic E-state index is 13.6. The molecule has 1 amide bonds. The molecule has 1 aliphatic carbocycles. The molecule has 0 N–H and O–H groups in total. The van der Waals surface area contributed by atoms with E-state index in [-0.39, 0.29) is 30.6 Å². The fourth-order valence-corrected chi connectivity index (χ4v) is 3.71. The van der Waals surface area contributed by atoms with Crippen molar-refractivity contribution < 1.29 is 18.0 Å². The zero-order valence-corrected chi connectivity index (χ0v) is 12.4. The first-order valence-corrected chi connectivity index (χ1v) is 7.90. The summed E-state index contributed by atoms with van der Waals surface area (Å²) in [7, 11) is 0. The van der Waals surface area contributed by atoms with E-state index in [1.54, 1.807) is 17.0 Å². The molecule has 1 aromatic carbocycles. The minimum atomic E-state index is -2.73. The Bertz CT molecular complexity index is 561. The van der Waals surface area contributed by atoms with Gasteiger partial charge in [0.1, 0.15) is 5.82 Å². The number of carbonyl (C=O) groups is 1. The smallest absolute Gasteiger partial charge is 0.248 e. The van der Waals surface area contributed by atoms with Gasteiger partial charge in [-0.05, 0) is 43.4 Å². The molecule has 1 aliphatic heterocycles. The van der Waals surface area contributed by atoms with Crippen molar-refractivity contribution in [3.8, 4) is 0 Å². The largest absolute Gasteiger partial charge is 0.335 e. The number of hydrogen-bond donors (Lipinski definition) is 0. The van der Waals surface area contributed by atoms with E-state index in [1.165, 1.54) is 12.1 Å². The zero-order valence-electron chi connectivity index (χ0n) is 12.4. The highest BCUT2D eigenvalue weighted by Gasteiger charge is 2.42. The Labute approximate surface area is 128 Å². The van der Waals surface area contributed by atoms with Crippen LogP contribution in [0.1, 0.15) is 50.1 Å². The highest BCUT2D eigenvalue weighted by Crippen LogP contribution is 2.40. The van der Waals surface area contributed by atoms with Gasteiger partial charge in [0.25, 0.3) is 0 Å². The summed E-state index contributed by atoms with van der Waals surface area (Å²) in [6, 6.07) is 6.05. The highest BCUT2D eigenvalue weighted by molar-refractivity contribution is 5.79. The van der Waals surface area contributed by atoms with Crippen molar-refractivity contribution in [1.29, 1.82) is 0 Å². The number of rotatable bonds is 2. The van der Waals surface area contributed by atoms with Gasteiger partial charge in [0.15, 0.2) is 0 Å². The van der Waals surface area contributed by atoms with E-state index < -0.39 is 11.8 Å². The van der Waals surface area contributed by atoms with Crippen LogP contribution in [0.15, 0.2) is 24.3 Å². The summed E-state index contributed by atoms with van der Waals surface area (Å²) < 4.78 is 40.5. The van der Waals surface area contributed by atoms with Crippen molar-refractivity contribution in [3.63, 3.8) is 0 Å². The van der Waals surface area contributed by atoms with Gasteiger partial charge in [0, 0.05) is 25.3 Å². The highest BCUT2D eigenvalue weighted by atomic mass is 19.3. The second-order valence-corrected chi connectivity index (χ2v) is 6.39. The van der Waals surface area contributed by atoms with Gasteiger partial charge in [-0.15, -0.1) is 0 Å². The number of carbonyl (C=O) groups excluding carboxylic acids is 1. The Morgan fingerprint density at radius 3 is 2.77 bits per heavy atom. The molecule has 0 radical (unpaired) electrons. The third-order valence-electron chi connectivity index (χ3n) is 4.76. The Balaban J connectivity index is 1.76. The van der Waals surface area contributed by atoms with Crippen LogP contribution in [-0.2, 0) is 4.79 Å². The Kier molecular flexibility index (Phi) is 4.15. The second kappa shape index (κ2) is 5.94. The lowest BCUT2D eigenvalue weighted by molar-refractivity contribution is -0.143. The van der Waals surface area contributed by atoms with Crippen LogP contribution in [0.5, 0.6) is 0 Å². The average molecular weight is 311 g/mol. The van der Waals surface area contributed by atoms with Crippen LogP contribution in [0.25, 0.3) is 0 Å². The van der Waals surface area contributed by atoms with Crippen LogP contribution >= 0.6 is 0 Å². The molecule has 22 heavy (non-hydrogen) atoms. The van der Waals surface area contributed by atoms with Gasteiger partial charge in [0.05, 0.1) is 6.04 Å². The Hall–Kier alpha value is -1.52. The first-order chi connectivity index (χ1) is 10.5. The number of amides is 1. The third kappa shape index (κ3) is 3.13. The van der Waals surface area contributed by atoms with Gasteiger partial charge in [-0.2, -0.15) is 0 Å². The summed E-state index contributed by atoms with van der Waals surface area (Å²) in [5, 5.41) is 0. The summed E-state index contributed by atoms with van der Waals surface area (Å²) in [6.45, 7) is 0.572. The molecule has 2 aliphatic rings. The van der Waals surface area contributed by atoms with Crippen molar-refractivity contribution in [3.05, 3.63) is 35.6 Å². The van der Waals surface area contributed by atoms with E-state index >= 15 is 0 Å². The third-order valence-corrected chi connectivity index (χ3v) is 4.76. The lowest BCUT2D eigenvalue weighted by atomic mass is 9.85. The molecular weight excluding hydrogens is 291 g/mol. The molecule has 0 spiro atoms. The predicted octanol–water partition coefficient (Wildman–Crippen LogP) is 4.31. The van der Waals surface area contributed by atoms with Crippen molar-refractivity contribution >= 4 is 5.91 Å². The van der Waals surface area contributed by atoms with Crippen LogP contribution in [0, 0.1) is 11.7 Å². The van der Waals surface area contributed by atoms with Crippen molar-refractivity contribution in [1.82, 2.24) is 4.90 Å². The number of nitrogens with zero attached hydrogens (tertiary/aromatic N) is 1. The SMILES string of the molecule is O=C([C@@H]1CCCC(F)(F)C1)N1CCC[C@@H]1c1cccc(F)c1. The molecule has 2 nitrogen and oxygen atoms in total. The monoisotopic (exact) mass is 311 g/mol. The molecule has 3 rings (SSSR count). The molecule has 1 aromatic rings. The second-order valence-electron chi connectivity index (χ2n) is 6.39. The van der Waals surface area contributed by atoms with Gasteiger partial charge in [-0.25, -0.2) is 13.2 Å². The molecule has 0 bridgehead atoms. The van der Waals surface area contributed by atoms with E-state index in [1.807, 2.05) is 0 Å². The summed E-state index contributed by atoms with van der Waals surface area (Å²) in [5.74, 6) is -3.85. The standard InChI is InChI=1S/C17H20F3NO/c18-14-6-1-4-12(10-14)15-7-3-9-21(15)16(22)13-5-2-8-17(19,20)11-13/h1,4,6,10,13,15H,2-3,5,7-9,11H2/t13-,15-/m1/s1. The van der Waals surface area contributed by atoms with Crippen molar-refractivity contribution in [2.45, 2.75) is 50.5 Å². The fraction of sp³-hybridized carbons (Fsp3) is 0.588. The van der Waals surface area contributed by atoms with E-state index in [2.05, 4.69) is 0 Å². The topological polar surface area (TPSA) is 20.3 Å².